The van der Waals surface area contributed by atoms with Gasteiger partial charge in [0.25, 0.3) is 5.91 Å². The van der Waals surface area contributed by atoms with Crippen LogP contribution in [-0.4, -0.2) is 39.5 Å². The number of nitrogen functional groups attached to an aromatic ring is 1. The molecular weight excluding hydrogens is 262 g/mol. The van der Waals surface area contributed by atoms with Gasteiger partial charge in [0.05, 0.1) is 10.5 Å². The number of nitro benzene ring substituents is 1. The molecule has 7 nitrogen and oxygen atoms in total. The van der Waals surface area contributed by atoms with Gasteiger partial charge in [-0.25, -0.2) is 0 Å². The van der Waals surface area contributed by atoms with Crippen molar-refractivity contribution in [3.8, 4) is 0 Å². The molecule has 1 aromatic carbocycles. The summed E-state index contributed by atoms with van der Waals surface area (Å²) in [5.74, 6) is -0.520. The summed E-state index contributed by atoms with van der Waals surface area (Å²) in [6.45, 7) is 5.28. The molecule has 3 N–H and O–H groups in total. The molecule has 110 valence electrons. The molecule has 0 unspecified atom stereocenters. The van der Waals surface area contributed by atoms with Crippen LogP contribution in [-0.2, 0) is 0 Å². The highest BCUT2D eigenvalue weighted by Gasteiger charge is 2.28. The maximum absolute atomic E-state index is 12.4. The summed E-state index contributed by atoms with van der Waals surface area (Å²) >= 11 is 0. The van der Waals surface area contributed by atoms with Crippen molar-refractivity contribution in [1.29, 1.82) is 0 Å². The number of carbonyl (C=O) groups is 1. The van der Waals surface area contributed by atoms with Crippen LogP contribution in [0.2, 0.25) is 0 Å². The van der Waals surface area contributed by atoms with Crippen LogP contribution in [0, 0.1) is 10.1 Å². The van der Waals surface area contributed by atoms with E-state index in [9.17, 15) is 20.0 Å². The predicted octanol–water partition coefficient (Wildman–Crippen LogP) is 1.41. The molecule has 0 bridgehead atoms. The average molecular weight is 281 g/mol. The minimum absolute atomic E-state index is 0.0554. The second-order valence-electron chi connectivity index (χ2n) is 5.13. The Labute approximate surface area is 117 Å². The van der Waals surface area contributed by atoms with Crippen molar-refractivity contribution in [2.75, 3.05) is 18.8 Å². The number of likely N-dealkylation sites (N-methyl/N-ethyl adjacent to an activating group) is 1. The van der Waals surface area contributed by atoms with Crippen molar-refractivity contribution in [2.45, 2.75) is 26.4 Å². The maximum Gasteiger partial charge on any atom is 0.304 e. The molecule has 0 aromatic heterocycles. The number of nitrogens with two attached hydrogens (primary N) is 1. The third kappa shape index (κ3) is 3.67. The van der Waals surface area contributed by atoms with Crippen LogP contribution in [0.3, 0.4) is 0 Å². The first-order valence-corrected chi connectivity index (χ1v) is 6.22. The second kappa shape index (κ2) is 5.87. The molecule has 0 saturated heterocycles. The lowest BCUT2D eigenvalue weighted by Gasteiger charge is -2.28. The van der Waals surface area contributed by atoms with E-state index in [2.05, 4.69) is 0 Å². The van der Waals surface area contributed by atoms with E-state index in [1.54, 1.807) is 20.8 Å². The normalized spacial score (nSPS) is 11.2. The van der Waals surface area contributed by atoms with Crippen LogP contribution in [0.25, 0.3) is 0 Å². The number of hydrogen-bond donors (Lipinski definition) is 2. The molecule has 1 aromatic rings. The van der Waals surface area contributed by atoms with E-state index in [0.717, 1.165) is 0 Å². The van der Waals surface area contributed by atoms with Gasteiger partial charge in [-0.05, 0) is 32.9 Å². The van der Waals surface area contributed by atoms with Gasteiger partial charge >= 0.3 is 5.69 Å². The van der Waals surface area contributed by atoms with E-state index >= 15 is 0 Å². The van der Waals surface area contributed by atoms with E-state index in [4.69, 9.17) is 5.73 Å². The molecule has 7 heteroatoms. The first-order chi connectivity index (χ1) is 9.17. The van der Waals surface area contributed by atoms with Crippen LogP contribution in [0.4, 0.5) is 11.4 Å². The fraction of sp³-hybridized carbons (Fsp3) is 0.462. The quantitative estimate of drug-likeness (QED) is 0.481. The van der Waals surface area contributed by atoms with Gasteiger partial charge in [0.1, 0.15) is 11.3 Å². The Hall–Kier alpha value is -2.15. The van der Waals surface area contributed by atoms with E-state index in [1.807, 2.05) is 0 Å². The number of carbonyl (C=O) groups excluding carboxylic acids is 1. The lowest BCUT2D eigenvalue weighted by molar-refractivity contribution is -0.384. The van der Waals surface area contributed by atoms with Gasteiger partial charge in [-0.15, -0.1) is 0 Å². The van der Waals surface area contributed by atoms with Gasteiger partial charge in [0, 0.05) is 13.1 Å². The third-order valence-electron chi connectivity index (χ3n) is 2.73. The van der Waals surface area contributed by atoms with Gasteiger partial charge in [-0.2, -0.15) is 0 Å². The summed E-state index contributed by atoms with van der Waals surface area (Å²) < 4.78 is 0. The van der Waals surface area contributed by atoms with Crippen molar-refractivity contribution in [1.82, 2.24) is 4.90 Å². The fourth-order valence-corrected chi connectivity index (χ4v) is 1.90. The SMILES string of the molecule is CCN(CC(C)(C)O)C(=O)c1cccc(N)c1[N+](=O)[O-]. The molecule has 0 aliphatic rings. The molecule has 0 fully saturated rings. The molecular formula is C13H19N3O4. The minimum atomic E-state index is -1.08. The Balaban J connectivity index is 3.20. The highest BCUT2D eigenvalue weighted by Crippen LogP contribution is 2.27. The number of nitro groups is 1. The van der Waals surface area contributed by atoms with Crippen LogP contribution in [0.1, 0.15) is 31.1 Å². The summed E-state index contributed by atoms with van der Waals surface area (Å²) in [6, 6.07) is 4.23. The van der Waals surface area contributed by atoms with Crippen LogP contribution >= 0.6 is 0 Å². The Kier molecular flexibility index (Phi) is 4.67. The van der Waals surface area contributed by atoms with Gasteiger partial charge in [0.2, 0.25) is 0 Å². The molecule has 0 saturated carbocycles. The van der Waals surface area contributed by atoms with Crippen molar-refractivity contribution >= 4 is 17.3 Å². The van der Waals surface area contributed by atoms with E-state index in [0.29, 0.717) is 6.54 Å². The smallest absolute Gasteiger partial charge is 0.304 e. The second-order valence-corrected chi connectivity index (χ2v) is 5.13. The zero-order valence-electron chi connectivity index (χ0n) is 11.8. The number of anilines is 1. The first kappa shape index (κ1) is 15.9. The van der Waals surface area contributed by atoms with Gasteiger partial charge in [0.15, 0.2) is 0 Å². The number of benzene rings is 1. The Morgan fingerprint density at radius 2 is 2.10 bits per heavy atom. The summed E-state index contributed by atoms with van der Waals surface area (Å²) in [4.78, 5) is 24.1. The summed E-state index contributed by atoms with van der Waals surface area (Å²) in [6.07, 6.45) is 0. The van der Waals surface area contributed by atoms with Crippen molar-refractivity contribution in [3.63, 3.8) is 0 Å². The lowest BCUT2D eigenvalue weighted by Crippen LogP contribution is -2.42. The minimum Gasteiger partial charge on any atom is -0.393 e. The third-order valence-corrected chi connectivity index (χ3v) is 2.73. The molecule has 20 heavy (non-hydrogen) atoms. The molecule has 0 heterocycles. The Morgan fingerprint density at radius 1 is 1.50 bits per heavy atom. The Morgan fingerprint density at radius 3 is 2.55 bits per heavy atom. The van der Waals surface area contributed by atoms with Gasteiger partial charge in [-0.3, -0.25) is 14.9 Å². The molecule has 1 rings (SSSR count). The molecule has 0 atom stereocenters. The van der Waals surface area contributed by atoms with E-state index in [1.165, 1.54) is 23.1 Å². The molecule has 0 aliphatic carbocycles. The van der Waals surface area contributed by atoms with Crippen LogP contribution in [0.15, 0.2) is 18.2 Å². The topological polar surface area (TPSA) is 110 Å². The van der Waals surface area contributed by atoms with E-state index < -0.39 is 22.1 Å². The van der Waals surface area contributed by atoms with Crippen molar-refractivity contribution < 1.29 is 14.8 Å². The number of aliphatic hydroxyl groups is 1. The van der Waals surface area contributed by atoms with Crippen molar-refractivity contribution in [3.05, 3.63) is 33.9 Å². The zero-order chi connectivity index (χ0) is 15.5. The Bertz CT molecular complexity index is 523. The lowest BCUT2D eigenvalue weighted by atomic mass is 10.1. The maximum atomic E-state index is 12.4. The summed E-state index contributed by atoms with van der Waals surface area (Å²) in [5.41, 5.74) is 3.96. The largest absolute Gasteiger partial charge is 0.393 e. The van der Waals surface area contributed by atoms with Gasteiger partial charge < -0.3 is 15.7 Å². The summed E-state index contributed by atoms with van der Waals surface area (Å²) in [7, 11) is 0. The van der Waals surface area contributed by atoms with Crippen LogP contribution in [0.5, 0.6) is 0 Å². The standard InChI is InChI=1S/C13H19N3O4/c1-4-15(8-13(2,3)18)12(17)9-6-5-7-10(14)11(9)16(19)20/h5-7,18H,4,8,14H2,1-3H3. The highest BCUT2D eigenvalue weighted by molar-refractivity contribution is 6.00. The number of hydrogen-bond acceptors (Lipinski definition) is 5. The van der Waals surface area contributed by atoms with Crippen LogP contribution < -0.4 is 5.73 Å². The highest BCUT2D eigenvalue weighted by atomic mass is 16.6. The van der Waals surface area contributed by atoms with E-state index in [-0.39, 0.29) is 17.8 Å². The average Bonchev–Trinajstić information content (AvgIpc) is 2.33. The van der Waals surface area contributed by atoms with Crippen molar-refractivity contribution in [2.24, 2.45) is 0 Å². The summed E-state index contributed by atoms with van der Waals surface area (Å²) in [5, 5.41) is 20.8. The molecule has 0 aliphatic heterocycles. The molecule has 0 spiro atoms. The fourth-order valence-electron chi connectivity index (χ4n) is 1.90. The number of nitrogens with zero attached hydrogens (tertiary/aromatic N) is 2. The molecule has 0 radical (unpaired) electrons. The zero-order valence-corrected chi connectivity index (χ0v) is 11.8. The predicted molar refractivity (Wildman–Crippen MR) is 75.4 cm³/mol. The number of rotatable bonds is 5. The molecule has 1 amide bonds. The first-order valence-electron chi connectivity index (χ1n) is 6.22. The monoisotopic (exact) mass is 281 g/mol. The number of para-hydroxylation sites is 1. The van der Waals surface area contributed by atoms with Gasteiger partial charge in [-0.1, -0.05) is 6.07 Å². The number of amides is 1.